The minimum atomic E-state index is -1.49. The van der Waals surface area contributed by atoms with Gasteiger partial charge in [-0.15, -0.1) is 0 Å². The Morgan fingerprint density at radius 1 is 1.36 bits per heavy atom. The Balaban J connectivity index is 3.08. The predicted molar refractivity (Wildman–Crippen MR) is 61.8 cm³/mol. The van der Waals surface area contributed by atoms with Gasteiger partial charge >= 0.3 is 91.9 Å². The number of pyridine rings is 1. The number of nitrogens with zero attached hydrogens (tertiary/aromatic N) is 1. The van der Waals surface area contributed by atoms with Crippen molar-refractivity contribution in [1.82, 2.24) is 4.98 Å². The van der Waals surface area contributed by atoms with E-state index in [1.54, 1.807) is 19.3 Å². The van der Waals surface area contributed by atoms with Crippen LogP contribution >= 0.6 is 0 Å². The molecule has 0 aliphatic rings. The molecule has 0 spiro atoms. The maximum atomic E-state index is 11.4. The topological polar surface area (TPSA) is 30.0 Å². The van der Waals surface area contributed by atoms with E-state index in [0.717, 1.165) is 11.1 Å². The number of rotatable bonds is 3. The van der Waals surface area contributed by atoms with Gasteiger partial charge in [-0.05, 0) is 0 Å². The molecule has 0 saturated heterocycles. The van der Waals surface area contributed by atoms with Gasteiger partial charge in [-0.2, -0.15) is 0 Å². The van der Waals surface area contributed by atoms with Crippen LogP contribution in [-0.4, -0.2) is 30.5 Å². The van der Waals surface area contributed by atoms with E-state index in [4.69, 9.17) is 0 Å². The summed E-state index contributed by atoms with van der Waals surface area (Å²) in [5.74, 6) is 0.154. The normalized spacial score (nSPS) is 11.9. The van der Waals surface area contributed by atoms with Crippen molar-refractivity contribution in [2.75, 3.05) is 0 Å². The van der Waals surface area contributed by atoms with Crippen LogP contribution in [0.25, 0.3) is 5.57 Å². The molecule has 3 heteroatoms. The molecule has 0 radical (unpaired) electrons. The molecule has 74 valence electrons. The van der Waals surface area contributed by atoms with E-state index in [-0.39, 0.29) is 5.78 Å². The number of carbonyl (C=O) groups excluding carboxylic acids is 1. The first-order chi connectivity index (χ1) is 6.61. The zero-order valence-electron chi connectivity index (χ0n) is 8.82. The van der Waals surface area contributed by atoms with Crippen LogP contribution in [-0.2, 0) is 4.79 Å². The van der Waals surface area contributed by atoms with Crippen LogP contribution in [0.1, 0.15) is 12.5 Å². The summed E-state index contributed by atoms with van der Waals surface area (Å²) in [6.45, 7) is 1.63. The Bertz CT molecular complexity index is 344. The molecule has 2 nitrogen and oxygen atoms in total. The van der Waals surface area contributed by atoms with Gasteiger partial charge in [-0.25, -0.2) is 0 Å². The third-order valence-corrected chi connectivity index (χ3v) is 4.72. The number of Topliss-reactive ketones (excluding diaryl/α,β-unsaturated/α-hetero) is 1. The van der Waals surface area contributed by atoms with Crippen LogP contribution < -0.4 is 0 Å². The van der Waals surface area contributed by atoms with E-state index in [0.29, 0.717) is 0 Å². The van der Waals surface area contributed by atoms with Crippen LogP contribution in [0.15, 0.2) is 28.6 Å². The van der Waals surface area contributed by atoms with Gasteiger partial charge < -0.3 is 0 Å². The standard InChI is InChI=1S/C9H8NO.2CH3.Sn.H/c1-7(8(2)11)9-3-5-10-6-4-9;;;;/h1,3-6H,2H3;2*1H3;;. The molecule has 0 aliphatic heterocycles. The fourth-order valence-electron chi connectivity index (χ4n) is 1.28. The molecule has 14 heavy (non-hydrogen) atoms. The van der Waals surface area contributed by atoms with Gasteiger partial charge in [0.2, 0.25) is 0 Å². The number of allylic oxidation sites excluding steroid dienone is 1. The first-order valence-corrected chi connectivity index (χ1v) is 13.2. The second-order valence-electron chi connectivity index (χ2n) is 3.62. The Hall–Kier alpha value is -0.641. The van der Waals surface area contributed by atoms with Crippen molar-refractivity contribution < 1.29 is 4.79 Å². The molecule has 0 aromatic carbocycles. The quantitative estimate of drug-likeness (QED) is 0.631. The molecule has 1 rings (SSSR count). The Morgan fingerprint density at radius 2 is 1.93 bits per heavy atom. The van der Waals surface area contributed by atoms with Crippen molar-refractivity contribution in [3.8, 4) is 0 Å². The van der Waals surface area contributed by atoms with Crippen molar-refractivity contribution in [2.45, 2.75) is 16.8 Å². The SMILES string of the molecule is CC(=O)C(=[CH][SnH]([CH3])[CH3])c1ccncc1. The molecule has 1 aromatic heterocycles. The van der Waals surface area contributed by atoms with E-state index in [2.05, 4.69) is 19.0 Å². The minimum absolute atomic E-state index is 0.154. The fourth-order valence-corrected chi connectivity index (χ4v) is 4.40. The van der Waals surface area contributed by atoms with Crippen LogP contribution in [0.2, 0.25) is 9.88 Å². The van der Waals surface area contributed by atoms with Crippen LogP contribution in [0, 0.1) is 0 Å². The number of aromatic nitrogens is 1. The van der Waals surface area contributed by atoms with E-state index in [1.165, 1.54) is 0 Å². The molecule has 0 saturated carbocycles. The zero-order valence-corrected chi connectivity index (χ0v) is 12.1. The van der Waals surface area contributed by atoms with Crippen LogP contribution in [0.5, 0.6) is 0 Å². The molecule has 1 heterocycles. The molecule has 0 bridgehead atoms. The summed E-state index contributed by atoms with van der Waals surface area (Å²) in [7, 11) is 0. The Morgan fingerprint density at radius 3 is 2.36 bits per heavy atom. The predicted octanol–water partition coefficient (Wildman–Crippen LogP) is 2.08. The number of ketones is 1. The second-order valence-corrected chi connectivity index (χ2v) is 11.7. The molecular weight excluding hydrogens is 281 g/mol. The molecular formula is C11H15NOSn. The van der Waals surface area contributed by atoms with Crippen molar-refractivity contribution in [3.05, 3.63) is 34.2 Å². The van der Waals surface area contributed by atoms with Crippen molar-refractivity contribution >= 4 is 31.1 Å². The number of hydrogen-bond acceptors (Lipinski definition) is 2. The summed E-state index contributed by atoms with van der Waals surface area (Å²) in [6, 6.07) is 3.78. The number of carbonyl (C=O) groups is 1. The van der Waals surface area contributed by atoms with Gasteiger partial charge in [0.1, 0.15) is 0 Å². The molecule has 0 fully saturated rings. The molecule has 1 aromatic rings. The number of hydrogen-bond donors (Lipinski definition) is 0. The second kappa shape index (κ2) is 5.29. The maximum absolute atomic E-state index is 11.4. The van der Waals surface area contributed by atoms with Gasteiger partial charge in [0.25, 0.3) is 0 Å². The molecule has 0 unspecified atom stereocenters. The van der Waals surface area contributed by atoms with E-state index in [9.17, 15) is 4.79 Å². The molecule has 0 amide bonds. The molecule has 0 aliphatic carbocycles. The first-order valence-electron chi connectivity index (χ1n) is 4.74. The van der Waals surface area contributed by atoms with Crippen LogP contribution in [0.4, 0.5) is 0 Å². The zero-order chi connectivity index (χ0) is 10.6. The Labute approximate surface area is 91.8 Å². The van der Waals surface area contributed by atoms with Gasteiger partial charge in [0.05, 0.1) is 0 Å². The monoisotopic (exact) mass is 297 g/mol. The summed E-state index contributed by atoms with van der Waals surface area (Å²) in [5.41, 5.74) is 1.87. The summed E-state index contributed by atoms with van der Waals surface area (Å²) in [4.78, 5) is 19.9. The third kappa shape index (κ3) is 3.25. The first kappa shape index (κ1) is 11.4. The fraction of sp³-hybridized carbons (Fsp3) is 0.273. The average molecular weight is 296 g/mol. The van der Waals surface area contributed by atoms with E-state index >= 15 is 0 Å². The third-order valence-electron chi connectivity index (χ3n) is 1.87. The van der Waals surface area contributed by atoms with E-state index < -0.39 is 19.8 Å². The Kier molecular flexibility index (Phi) is 4.32. The van der Waals surface area contributed by atoms with Gasteiger partial charge in [-0.1, -0.05) is 0 Å². The molecule has 0 atom stereocenters. The van der Waals surface area contributed by atoms with Crippen molar-refractivity contribution in [1.29, 1.82) is 0 Å². The van der Waals surface area contributed by atoms with Gasteiger partial charge in [-0.3, -0.25) is 0 Å². The van der Waals surface area contributed by atoms with Gasteiger partial charge in [0, 0.05) is 0 Å². The van der Waals surface area contributed by atoms with Gasteiger partial charge in [0.15, 0.2) is 0 Å². The summed E-state index contributed by atoms with van der Waals surface area (Å²) < 4.78 is 2.19. The molecule has 0 N–H and O–H groups in total. The summed E-state index contributed by atoms with van der Waals surface area (Å²) >= 11 is -1.49. The van der Waals surface area contributed by atoms with Crippen LogP contribution in [0.3, 0.4) is 0 Å². The summed E-state index contributed by atoms with van der Waals surface area (Å²) in [6.07, 6.45) is 3.45. The van der Waals surface area contributed by atoms with E-state index in [1.807, 2.05) is 12.1 Å². The average Bonchev–Trinajstić information content (AvgIpc) is 2.15. The van der Waals surface area contributed by atoms with Crippen molar-refractivity contribution in [3.63, 3.8) is 0 Å². The van der Waals surface area contributed by atoms with Crippen molar-refractivity contribution in [2.24, 2.45) is 0 Å². The summed E-state index contributed by atoms with van der Waals surface area (Å²) in [5, 5.41) is 0.